The molecule has 116 valence electrons. The first-order valence-electron chi connectivity index (χ1n) is 6.88. The third-order valence-electron chi connectivity index (χ3n) is 3.97. The minimum absolute atomic E-state index is 0.0234. The number of carbonyl (C=O) groups excluding carboxylic acids is 1. The Morgan fingerprint density at radius 3 is 2.62 bits per heavy atom. The van der Waals surface area contributed by atoms with E-state index in [2.05, 4.69) is 5.32 Å². The van der Waals surface area contributed by atoms with E-state index in [1.165, 1.54) is 11.3 Å². The number of aryl methyl sites for hydroxylation is 1. The lowest BCUT2D eigenvalue weighted by molar-refractivity contribution is 0.0506. The molecule has 3 N–H and O–H groups in total. The zero-order valence-electron chi connectivity index (χ0n) is 12.3. The summed E-state index contributed by atoms with van der Waals surface area (Å²) in [5, 5.41) is 22.0. The van der Waals surface area contributed by atoms with Crippen LogP contribution in [-0.4, -0.2) is 46.3 Å². The van der Waals surface area contributed by atoms with Crippen LogP contribution in [0.2, 0.25) is 0 Å². The molecule has 2 amide bonds. The number of likely N-dealkylation sites (tertiary alicyclic amines) is 1. The molecule has 2 atom stereocenters. The van der Waals surface area contributed by atoms with Crippen LogP contribution in [0.25, 0.3) is 0 Å². The number of piperidine rings is 1. The molecule has 1 fully saturated rings. The summed E-state index contributed by atoms with van der Waals surface area (Å²) in [5.74, 6) is -1.01. The molecule has 1 aromatic rings. The predicted octanol–water partition coefficient (Wildman–Crippen LogP) is 2.30. The van der Waals surface area contributed by atoms with Crippen LogP contribution < -0.4 is 5.32 Å². The number of aliphatic hydroxyl groups excluding tert-OH is 1. The van der Waals surface area contributed by atoms with E-state index in [1.807, 2.05) is 13.8 Å². The Bertz CT molecular complexity index is 570. The molecule has 1 aliphatic heterocycles. The first-order valence-corrected chi connectivity index (χ1v) is 7.70. The van der Waals surface area contributed by atoms with Gasteiger partial charge >= 0.3 is 12.0 Å². The Balaban J connectivity index is 2.13. The molecule has 21 heavy (non-hydrogen) atoms. The normalized spacial score (nSPS) is 22.2. The fourth-order valence-corrected chi connectivity index (χ4v) is 3.51. The molecule has 2 rings (SSSR count). The number of anilines is 1. The molecule has 2 heterocycles. The molecule has 1 aromatic heterocycles. The van der Waals surface area contributed by atoms with Gasteiger partial charge in [-0.15, -0.1) is 11.3 Å². The smallest absolute Gasteiger partial charge is 0.338 e. The Morgan fingerprint density at radius 1 is 1.38 bits per heavy atom. The maximum Gasteiger partial charge on any atom is 0.338 e. The average Bonchev–Trinajstić information content (AvgIpc) is 2.68. The second kappa shape index (κ2) is 6.03. The van der Waals surface area contributed by atoms with Crippen LogP contribution in [0.15, 0.2) is 0 Å². The van der Waals surface area contributed by atoms with Gasteiger partial charge < -0.3 is 15.1 Å². The maximum absolute atomic E-state index is 12.3. The first-order chi connectivity index (χ1) is 9.81. The van der Waals surface area contributed by atoms with Gasteiger partial charge in [0, 0.05) is 18.0 Å². The minimum Gasteiger partial charge on any atom is -0.478 e. The van der Waals surface area contributed by atoms with Crippen LogP contribution in [0.3, 0.4) is 0 Å². The molecule has 0 radical (unpaired) electrons. The molecule has 2 unspecified atom stereocenters. The Hall–Kier alpha value is -1.60. The van der Waals surface area contributed by atoms with E-state index in [-0.39, 0.29) is 23.6 Å². The number of aromatic carboxylic acids is 1. The molecule has 0 aliphatic carbocycles. The number of nitrogens with zero attached hydrogens (tertiary/aromatic N) is 1. The number of aliphatic hydroxyl groups is 1. The van der Waals surface area contributed by atoms with Gasteiger partial charge in [-0.3, -0.25) is 5.32 Å². The van der Waals surface area contributed by atoms with Crippen LogP contribution in [0.5, 0.6) is 0 Å². The van der Waals surface area contributed by atoms with Gasteiger partial charge in [-0.05, 0) is 31.7 Å². The summed E-state index contributed by atoms with van der Waals surface area (Å²) in [5.41, 5.74) is 0.848. The van der Waals surface area contributed by atoms with Crippen molar-refractivity contribution in [3.8, 4) is 0 Å². The number of carboxylic acid groups (broad SMARTS) is 1. The predicted molar refractivity (Wildman–Crippen MR) is 81.1 cm³/mol. The second-order valence-electron chi connectivity index (χ2n) is 5.50. The van der Waals surface area contributed by atoms with Gasteiger partial charge in [0.15, 0.2) is 0 Å². The zero-order chi connectivity index (χ0) is 15.7. The maximum atomic E-state index is 12.3. The Labute approximate surface area is 127 Å². The molecule has 0 spiro atoms. The highest BCUT2D eigenvalue weighted by atomic mass is 32.1. The summed E-state index contributed by atoms with van der Waals surface area (Å²) in [6.45, 7) is 6.42. The van der Waals surface area contributed by atoms with E-state index < -0.39 is 5.97 Å². The summed E-state index contributed by atoms with van der Waals surface area (Å²) in [6.07, 6.45) is 0.165. The van der Waals surface area contributed by atoms with Gasteiger partial charge in [-0.25, -0.2) is 9.59 Å². The van der Waals surface area contributed by atoms with Crippen LogP contribution in [-0.2, 0) is 0 Å². The van der Waals surface area contributed by atoms with Crippen LogP contribution >= 0.6 is 11.3 Å². The summed E-state index contributed by atoms with van der Waals surface area (Å²) >= 11 is 1.27. The van der Waals surface area contributed by atoms with E-state index in [1.54, 1.807) is 11.8 Å². The lowest BCUT2D eigenvalue weighted by Crippen LogP contribution is -2.46. The molecule has 7 heteroatoms. The second-order valence-corrected chi connectivity index (χ2v) is 6.73. The van der Waals surface area contributed by atoms with Crippen LogP contribution in [0, 0.1) is 19.8 Å². The molecule has 0 aromatic carbocycles. The quantitative estimate of drug-likeness (QED) is 0.781. The summed E-state index contributed by atoms with van der Waals surface area (Å²) in [7, 11) is 0. The minimum atomic E-state index is -1.03. The Morgan fingerprint density at radius 2 is 2.05 bits per heavy atom. The number of nitrogens with one attached hydrogen (secondary N) is 1. The lowest BCUT2D eigenvalue weighted by Gasteiger charge is -2.34. The van der Waals surface area contributed by atoms with E-state index in [9.17, 15) is 19.8 Å². The van der Waals surface area contributed by atoms with Crippen molar-refractivity contribution in [3.63, 3.8) is 0 Å². The number of thiophene rings is 1. The van der Waals surface area contributed by atoms with Gasteiger partial charge in [0.25, 0.3) is 0 Å². The number of rotatable bonds is 2. The van der Waals surface area contributed by atoms with Gasteiger partial charge in [0.1, 0.15) is 5.00 Å². The van der Waals surface area contributed by atoms with E-state index in [4.69, 9.17) is 0 Å². The highest BCUT2D eigenvalue weighted by Gasteiger charge is 2.28. The summed E-state index contributed by atoms with van der Waals surface area (Å²) in [6, 6.07) is -0.308. The van der Waals surface area contributed by atoms with E-state index >= 15 is 0 Å². The molecule has 1 aliphatic rings. The van der Waals surface area contributed by atoms with Gasteiger partial charge in [0.05, 0.1) is 11.7 Å². The largest absolute Gasteiger partial charge is 0.478 e. The van der Waals surface area contributed by atoms with Crippen molar-refractivity contribution in [1.82, 2.24) is 4.90 Å². The summed E-state index contributed by atoms with van der Waals surface area (Å²) < 4.78 is 0. The van der Waals surface area contributed by atoms with Gasteiger partial charge in [-0.1, -0.05) is 6.92 Å². The molecule has 6 nitrogen and oxygen atoms in total. The van der Waals surface area contributed by atoms with Crippen molar-refractivity contribution in [2.24, 2.45) is 5.92 Å². The number of hydrogen-bond donors (Lipinski definition) is 3. The molecule has 0 saturated carbocycles. The van der Waals surface area contributed by atoms with Crippen molar-refractivity contribution in [3.05, 3.63) is 16.0 Å². The van der Waals surface area contributed by atoms with Crippen molar-refractivity contribution in [2.75, 3.05) is 18.4 Å². The lowest BCUT2D eigenvalue weighted by atomic mass is 9.97. The van der Waals surface area contributed by atoms with Gasteiger partial charge in [0.2, 0.25) is 0 Å². The topological polar surface area (TPSA) is 89.9 Å². The zero-order valence-corrected chi connectivity index (χ0v) is 13.2. The SMILES string of the molecule is Cc1sc(NC(=O)N2CCC(O)C(C)C2)c(C(=O)O)c1C. The number of amides is 2. The van der Waals surface area contributed by atoms with Gasteiger partial charge in [-0.2, -0.15) is 0 Å². The number of hydrogen-bond acceptors (Lipinski definition) is 4. The number of carbonyl (C=O) groups is 2. The fourth-order valence-electron chi connectivity index (χ4n) is 2.47. The van der Waals surface area contributed by atoms with E-state index in [0.29, 0.717) is 30.1 Å². The monoisotopic (exact) mass is 312 g/mol. The molecular formula is C14H20N2O4S. The number of urea groups is 1. The van der Waals surface area contributed by atoms with Crippen molar-refractivity contribution in [2.45, 2.75) is 33.3 Å². The van der Waals surface area contributed by atoms with Crippen molar-refractivity contribution >= 4 is 28.3 Å². The highest BCUT2D eigenvalue weighted by molar-refractivity contribution is 7.16. The fraction of sp³-hybridized carbons (Fsp3) is 0.571. The van der Waals surface area contributed by atoms with Crippen molar-refractivity contribution < 1.29 is 19.8 Å². The summed E-state index contributed by atoms with van der Waals surface area (Å²) in [4.78, 5) is 26.1. The molecule has 1 saturated heterocycles. The Kier molecular flexibility index (Phi) is 4.53. The molecular weight excluding hydrogens is 292 g/mol. The van der Waals surface area contributed by atoms with Crippen LogP contribution in [0.1, 0.15) is 34.1 Å². The first kappa shape index (κ1) is 15.8. The van der Waals surface area contributed by atoms with Crippen LogP contribution in [0.4, 0.5) is 9.80 Å². The molecule has 0 bridgehead atoms. The highest BCUT2D eigenvalue weighted by Crippen LogP contribution is 2.32. The van der Waals surface area contributed by atoms with Crippen molar-refractivity contribution in [1.29, 1.82) is 0 Å². The third kappa shape index (κ3) is 3.19. The third-order valence-corrected chi connectivity index (χ3v) is 5.09. The standard InChI is InChI=1S/C14H20N2O4S/c1-7-6-16(5-4-10(7)17)14(20)15-12-11(13(18)19)8(2)9(3)21-12/h7,10,17H,4-6H2,1-3H3,(H,15,20)(H,18,19). The van der Waals surface area contributed by atoms with E-state index in [0.717, 1.165) is 4.88 Å². The average molecular weight is 312 g/mol. The number of carboxylic acids is 1.